The second kappa shape index (κ2) is 7.95. The van der Waals surface area contributed by atoms with Gasteiger partial charge in [0.2, 0.25) is 4.96 Å². The van der Waals surface area contributed by atoms with Gasteiger partial charge in [0.1, 0.15) is 5.82 Å². The highest BCUT2D eigenvalue weighted by molar-refractivity contribution is 7.19. The third-order valence-corrected chi connectivity index (χ3v) is 4.48. The van der Waals surface area contributed by atoms with Gasteiger partial charge in [0.25, 0.3) is 5.69 Å². The summed E-state index contributed by atoms with van der Waals surface area (Å²) in [7, 11) is -6.00. The number of nitro benzene ring substituents is 1. The molecule has 2 aromatic carbocycles. The summed E-state index contributed by atoms with van der Waals surface area (Å²) in [4.78, 5) is 15.3. The van der Waals surface area contributed by atoms with E-state index in [1.54, 1.807) is 41.0 Å². The van der Waals surface area contributed by atoms with Crippen LogP contribution in [0.25, 0.3) is 26.8 Å². The standard InChI is InChI=1S/C16H9FN4O2S.BF4/c17-13-4-2-1-3-12(13)15-19-20-9-14(18-16(20)24-15)10-5-7-11(8-6-10)21(22)23;2-1(3,4)5/h1-9H;/q;-1/p+1. The molecule has 13 heteroatoms. The summed E-state index contributed by atoms with van der Waals surface area (Å²) in [6.45, 7) is 0. The smallest absolute Gasteiger partial charge is 0.418 e. The van der Waals surface area contributed by atoms with Crippen molar-refractivity contribution in [2.75, 3.05) is 0 Å². The number of benzene rings is 2. The van der Waals surface area contributed by atoms with Crippen LogP contribution in [0.1, 0.15) is 1.43 Å². The number of halogens is 5. The predicted octanol–water partition coefficient (Wildman–Crippen LogP) is 5.58. The average Bonchev–Trinajstić information content (AvgIpc) is 3.20. The molecule has 0 saturated carbocycles. The van der Waals surface area contributed by atoms with Gasteiger partial charge in [0, 0.05) is 23.3 Å². The van der Waals surface area contributed by atoms with Crippen molar-refractivity contribution in [3.63, 3.8) is 0 Å². The number of nitrogens with zero attached hydrogens (tertiary/aromatic N) is 4. The molecule has 0 bridgehead atoms. The second-order valence-corrected chi connectivity index (χ2v) is 6.50. The first kappa shape index (κ1) is 20.4. The molecule has 4 rings (SSSR count). The van der Waals surface area contributed by atoms with Gasteiger partial charge in [-0.25, -0.2) is 13.9 Å². The second-order valence-electron chi connectivity index (χ2n) is 5.54. The van der Waals surface area contributed by atoms with E-state index in [4.69, 9.17) is 0 Å². The lowest BCUT2D eigenvalue weighted by molar-refractivity contribution is -0.384. The lowest BCUT2D eigenvalue weighted by atomic mass is 10.1. The molecule has 0 spiro atoms. The minimum Gasteiger partial charge on any atom is -0.418 e. The van der Waals surface area contributed by atoms with Crippen LogP contribution in [0.2, 0.25) is 0 Å². The number of imidazole rings is 1. The number of nitro groups is 1. The van der Waals surface area contributed by atoms with Crippen molar-refractivity contribution < 1.29 is 28.0 Å². The van der Waals surface area contributed by atoms with Crippen LogP contribution >= 0.6 is 11.3 Å². The Morgan fingerprint density at radius 1 is 1.07 bits per heavy atom. The topological polar surface area (TPSA) is 73.3 Å². The van der Waals surface area contributed by atoms with E-state index in [0.717, 1.165) is 5.56 Å². The first-order valence-corrected chi connectivity index (χ1v) is 8.67. The molecule has 0 aliphatic heterocycles. The third kappa shape index (κ3) is 5.13. The quantitative estimate of drug-likeness (QED) is 0.185. The van der Waals surface area contributed by atoms with Crippen molar-refractivity contribution in [1.29, 1.82) is 0 Å². The number of rotatable bonds is 3. The predicted molar refractivity (Wildman–Crippen MR) is 99.6 cm³/mol. The molecule has 0 radical (unpaired) electrons. The van der Waals surface area contributed by atoms with E-state index >= 15 is 0 Å². The maximum absolute atomic E-state index is 13.8. The van der Waals surface area contributed by atoms with E-state index in [-0.39, 0.29) is 12.9 Å². The largest absolute Gasteiger partial charge is 1.00 e. The summed E-state index contributed by atoms with van der Waals surface area (Å²) >= 11 is 1.28. The van der Waals surface area contributed by atoms with Gasteiger partial charge >= 0.3 is 8.68 Å². The van der Waals surface area contributed by atoms with Crippen molar-refractivity contribution in [2.24, 2.45) is 0 Å². The van der Waals surface area contributed by atoms with Crippen LogP contribution in [0.15, 0.2) is 54.7 Å². The van der Waals surface area contributed by atoms with Crippen LogP contribution < -0.4 is 0 Å². The summed E-state index contributed by atoms with van der Waals surface area (Å²) in [5, 5.41) is 15.6. The van der Waals surface area contributed by atoms with E-state index in [2.05, 4.69) is 10.1 Å². The van der Waals surface area contributed by atoms with E-state index in [1.807, 2.05) is 0 Å². The molecular formula is C16H10BF5N4O2S. The Bertz CT molecular complexity index is 1130. The summed E-state index contributed by atoms with van der Waals surface area (Å²) in [6, 6.07) is 12.6. The van der Waals surface area contributed by atoms with Crippen molar-refractivity contribution in [3.8, 4) is 21.8 Å². The zero-order valence-electron chi connectivity index (χ0n) is 15.2. The fraction of sp³-hybridized carbons (Fsp3) is 0. The molecule has 0 aliphatic rings. The maximum atomic E-state index is 13.8. The number of fused-ring (bicyclic) bond motifs is 1. The number of aromatic nitrogens is 3. The molecule has 0 amide bonds. The van der Waals surface area contributed by atoms with Gasteiger partial charge in [-0.15, -0.1) is 0 Å². The molecule has 2 aromatic heterocycles. The van der Waals surface area contributed by atoms with E-state index in [0.29, 0.717) is 21.2 Å². The monoisotopic (exact) mass is 428 g/mol. The van der Waals surface area contributed by atoms with Crippen LogP contribution in [0, 0.1) is 15.9 Å². The molecule has 29 heavy (non-hydrogen) atoms. The minimum atomic E-state index is -6.00. The molecule has 0 saturated heterocycles. The van der Waals surface area contributed by atoms with Gasteiger partial charge in [0.05, 0.1) is 16.8 Å². The van der Waals surface area contributed by atoms with Crippen LogP contribution in [0.5, 0.6) is 0 Å². The van der Waals surface area contributed by atoms with Crippen molar-refractivity contribution in [1.82, 2.24) is 14.6 Å². The zero-order valence-corrected chi connectivity index (χ0v) is 15.0. The summed E-state index contributed by atoms with van der Waals surface area (Å²) in [6.07, 6.45) is 1.72. The Morgan fingerprint density at radius 3 is 2.24 bits per heavy atom. The van der Waals surface area contributed by atoms with E-state index in [1.165, 1.54) is 29.5 Å². The van der Waals surface area contributed by atoms with Gasteiger partial charge in [0.15, 0.2) is 5.01 Å². The van der Waals surface area contributed by atoms with Gasteiger partial charge in [-0.2, -0.15) is 5.10 Å². The van der Waals surface area contributed by atoms with Gasteiger partial charge in [-0.3, -0.25) is 10.1 Å². The molecule has 6 nitrogen and oxygen atoms in total. The molecule has 0 unspecified atom stereocenters. The SMILES string of the molecule is F[B-](F)(F)F.O=[N+]([O-])c1ccc(-c2cn3nc(-c4ccccc4F)sc3n2)cc1.[H+]. The first-order chi connectivity index (χ1) is 13.6. The zero-order chi connectivity index (χ0) is 21.2. The van der Waals surface area contributed by atoms with Gasteiger partial charge in [-0.1, -0.05) is 23.5 Å². The minimum absolute atomic E-state index is 0. The van der Waals surface area contributed by atoms with Crippen LogP contribution in [0.3, 0.4) is 0 Å². The number of hydrogen-bond donors (Lipinski definition) is 0. The highest BCUT2D eigenvalue weighted by Gasteiger charge is 2.20. The van der Waals surface area contributed by atoms with Crippen LogP contribution in [-0.2, 0) is 0 Å². The third-order valence-electron chi connectivity index (χ3n) is 3.52. The highest BCUT2D eigenvalue weighted by Crippen LogP contribution is 2.30. The molecule has 0 atom stereocenters. The molecule has 150 valence electrons. The molecule has 0 N–H and O–H groups in total. The van der Waals surface area contributed by atoms with E-state index < -0.39 is 12.2 Å². The molecule has 0 fully saturated rings. The highest BCUT2D eigenvalue weighted by atomic mass is 32.1. The lowest BCUT2D eigenvalue weighted by Gasteiger charge is -1.97. The molecular weight excluding hydrogens is 418 g/mol. The summed E-state index contributed by atoms with van der Waals surface area (Å²) < 4.78 is 54.4. The number of non-ortho nitro benzene ring substituents is 1. The van der Waals surface area contributed by atoms with E-state index in [9.17, 15) is 31.8 Å². The molecule has 4 aromatic rings. The Hall–Kier alpha value is -3.35. The Labute approximate surface area is 165 Å². The fourth-order valence-electron chi connectivity index (χ4n) is 2.34. The summed E-state index contributed by atoms with van der Waals surface area (Å²) in [5.41, 5.74) is 1.87. The average molecular weight is 428 g/mol. The molecule has 0 aliphatic carbocycles. The van der Waals surface area contributed by atoms with Crippen molar-refractivity contribution in [3.05, 3.63) is 70.7 Å². The Balaban J connectivity index is 0.000000482. The van der Waals surface area contributed by atoms with Crippen LogP contribution in [0.4, 0.5) is 27.3 Å². The fourth-order valence-corrected chi connectivity index (χ4v) is 3.24. The van der Waals surface area contributed by atoms with Crippen molar-refractivity contribution in [2.45, 2.75) is 0 Å². The Kier molecular flexibility index (Phi) is 5.59. The van der Waals surface area contributed by atoms with Gasteiger partial charge < -0.3 is 17.3 Å². The van der Waals surface area contributed by atoms with Crippen LogP contribution in [-0.4, -0.2) is 26.8 Å². The summed E-state index contributed by atoms with van der Waals surface area (Å²) in [5.74, 6) is -0.329. The Morgan fingerprint density at radius 2 is 1.69 bits per heavy atom. The van der Waals surface area contributed by atoms with Crippen molar-refractivity contribution >= 4 is 29.2 Å². The normalized spacial score (nSPS) is 11.2. The number of hydrogen-bond acceptors (Lipinski definition) is 5. The first-order valence-electron chi connectivity index (χ1n) is 7.85. The van der Waals surface area contributed by atoms with Gasteiger partial charge in [-0.05, 0) is 24.3 Å². The molecule has 2 heterocycles. The maximum Gasteiger partial charge on any atom is 1.00 e. The lowest BCUT2D eigenvalue weighted by Crippen LogP contribution is -2.02.